The molecule has 1 aliphatic rings. The van der Waals surface area contributed by atoms with Crippen LogP contribution in [0.2, 0.25) is 0 Å². The summed E-state index contributed by atoms with van der Waals surface area (Å²) in [6.07, 6.45) is -4.50. The number of hydrogen-bond acceptors (Lipinski definition) is 3. The van der Waals surface area contributed by atoms with Gasteiger partial charge in [-0.2, -0.15) is 13.2 Å². The van der Waals surface area contributed by atoms with Crippen molar-refractivity contribution < 1.29 is 22.7 Å². The van der Waals surface area contributed by atoms with Crippen molar-refractivity contribution in [2.45, 2.75) is 12.7 Å². The summed E-state index contributed by atoms with van der Waals surface area (Å²) < 4.78 is 45.3. The van der Waals surface area contributed by atoms with Crippen LogP contribution in [-0.4, -0.2) is 44.3 Å². The largest absolute Gasteiger partial charge is 0.416 e. The van der Waals surface area contributed by atoms with Crippen LogP contribution in [0, 0.1) is 0 Å². The molecule has 3 aromatic carbocycles. The molecule has 8 heteroatoms. The lowest BCUT2D eigenvalue weighted by atomic mass is 10.0. The van der Waals surface area contributed by atoms with Gasteiger partial charge in [0.1, 0.15) is 0 Å². The van der Waals surface area contributed by atoms with Crippen LogP contribution in [-0.2, 0) is 17.5 Å². The normalized spacial score (nSPS) is 14.4. The highest BCUT2D eigenvalue weighted by molar-refractivity contribution is 5.94. The number of nitrogens with zero attached hydrogens (tertiary/aromatic N) is 2. The number of alkyl halides is 3. The summed E-state index contributed by atoms with van der Waals surface area (Å²) in [4.78, 5) is 16.3. The van der Waals surface area contributed by atoms with Crippen LogP contribution in [0.25, 0.3) is 10.8 Å². The van der Waals surface area contributed by atoms with Gasteiger partial charge in [0, 0.05) is 26.7 Å². The molecule has 1 heterocycles. The van der Waals surface area contributed by atoms with Crippen molar-refractivity contribution in [1.29, 1.82) is 0 Å². The fraction of sp³-hybridized carbons (Fsp3) is 0.292. The molecule has 0 aliphatic carbocycles. The third kappa shape index (κ3) is 4.80. The van der Waals surface area contributed by atoms with Gasteiger partial charge in [0.25, 0.3) is 0 Å². The first-order valence-corrected chi connectivity index (χ1v) is 10.4. The SMILES string of the molecule is CN(Cc1cccc2ccccc12)C(=O)Nc1cc(C(F)(F)F)ccc1N1CCOCC1. The van der Waals surface area contributed by atoms with Gasteiger partial charge in [-0.1, -0.05) is 42.5 Å². The van der Waals surface area contributed by atoms with Crippen LogP contribution in [0.5, 0.6) is 0 Å². The summed E-state index contributed by atoms with van der Waals surface area (Å²) in [7, 11) is 1.62. The summed E-state index contributed by atoms with van der Waals surface area (Å²) in [6, 6.07) is 16.7. The minimum absolute atomic E-state index is 0.136. The van der Waals surface area contributed by atoms with E-state index in [0.29, 0.717) is 38.5 Å². The fourth-order valence-corrected chi connectivity index (χ4v) is 3.86. The molecule has 0 aromatic heterocycles. The van der Waals surface area contributed by atoms with Crippen LogP contribution < -0.4 is 10.2 Å². The fourth-order valence-electron chi connectivity index (χ4n) is 3.86. The van der Waals surface area contributed by atoms with Crippen molar-refractivity contribution in [3.05, 3.63) is 71.8 Å². The maximum Gasteiger partial charge on any atom is 0.416 e. The average Bonchev–Trinajstić information content (AvgIpc) is 2.79. The molecule has 3 aromatic rings. The van der Waals surface area contributed by atoms with Gasteiger partial charge >= 0.3 is 12.2 Å². The number of carbonyl (C=O) groups is 1. The maximum atomic E-state index is 13.3. The summed E-state index contributed by atoms with van der Waals surface area (Å²) in [5.74, 6) is 0. The van der Waals surface area contributed by atoms with E-state index in [9.17, 15) is 18.0 Å². The molecular weight excluding hydrogens is 419 g/mol. The number of hydrogen-bond donors (Lipinski definition) is 1. The number of amides is 2. The van der Waals surface area contributed by atoms with Crippen LogP contribution >= 0.6 is 0 Å². The second kappa shape index (κ2) is 9.08. The van der Waals surface area contributed by atoms with Crippen molar-refractivity contribution in [2.24, 2.45) is 0 Å². The minimum Gasteiger partial charge on any atom is -0.378 e. The Morgan fingerprint density at radius 2 is 1.78 bits per heavy atom. The van der Waals surface area contributed by atoms with E-state index in [1.807, 2.05) is 47.4 Å². The molecule has 1 N–H and O–H groups in total. The lowest BCUT2D eigenvalue weighted by molar-refractivity contribution is -0.137. The third-order valence-electron chi connectivity index (χ3n) is 5.55. The first-order chi connectivity index (χ1) is 15.3. The minimum atomic E-state index is -4.50. The number of ether oxygens (including phenoxy) is 1. The van der Waals surface area contributed by atoms with Crippen molar-refractivity contribution in [1.82, 2.24) is 4.90 Å². The Morgan fingerprint density at radius 3 is 2.53 bits per heavy atom. The zero-order chi connectivity index (χ0) is 22.7. The standard InChI is InChI=1S/C24H24F3N3O2/c1-29(16-18-7-4-6-17-5-2-3-8-20(17)18)23(31)28-21-15-19(24(25,26)27)9-10-22(21)30-11-13-32-14-12-30/h2-10,15H,11-14,16H2,1H3,(H,28,31). The quantitative estimate of drug-likeness (QED) is 0.591. The van der Waals surface area contributed by atoms with E-state index < -0.39 is 17.8 Å². The van der Waals surface area contributed by atoms with Crippen LogP contribution in [0.15, 0.2) is 60.7 Å². The number of benzene rings is 3. The predicted octanol–water partition coefficient (Wildman–Crippen LogP) is 5.36. The smallest absolute Gasteiger partial charge is 0.378 e. The summed E-state index contributed by atoms with van der Waals surface area (Å²) in [5, 5.41) is 4.78. The molecule has 168 valence electrons. The van der Waals surface area contributed by atoms with Crippen molar-refractivity contribution >= 4 is 28.2 Å². The Morgan fingerprint density at radius 1 is 1.06 bits per heavy atom. The number of nitrogens with one attached hydrogen (secondary N) is 1. The summed E-state index contributed by atoms with van der Waals surface area (Å²) >= 11 is 0. The van der Waals surface area contributed by atoms with Gasteiger partial charge in [-0.05, 0) is 34.5 Å². The summed E-state index contributed by atoms with van der Waals surface area (Å²) in [6.45, 7) is 2.37. The number of fused-ring (bicyclic) bond motifs is 1. The van der Waals surface area contributed by atoms with Crippen LogP contribution in [0.1, 0.15) is 11.1 Å². The van der Waals surface area contributed by atoms with Gasteiger partial charge in [0.15, 0.2) is 0 Å². The van der Waals surface area contributed by atoms with Gasteiger partial charge in [0.05, 0.1) is 30.2 Å². The maximum absolute atomic E-state index is 13.3. The van der Waals surface area contributed by atoms with Gasteiger partial charge in [-0.15, -0.1) is 0 Å². The average molecular weight is 443 g/mol. The highest BCUT2D eigenvalue weighted by Gasteiger charge is 2.32. The summed E-state index contributed by atoms with van der Waals surface area (Å²) in [5.41, 5.74) is 0.837. The van der Waals surface area contributed by atoms with E-state index in [1.54, 1.807) is 7.05 Å². The Hall–Kier alpha value is -3.26. The molecule has 0 atom stereocenters. The van der Waals surface area contributed by atoms with Gasteiger partial charge in [0.2, 0.25) is 0 Å². The highest BCUT2D eigenvalue weighted by Crippen LogP contribution is 2.36. The number of halogens is 3. The van der Waals surface area contributed by atoms with Crippen molar-refractivity contribution in [3.8, 4) is 0 Å². The molecule has 5 nitrogen and oxygen atoms in total. The molecule has 4 rings (SSSR count). The Balaban J connectivity index is 1.58. The third-order valence-corrected chi connectivity index (χ3v) is 5.55. The zero-order valence-corrected chi connectivity index (χ0v) is 17.7. The molecule has 0 unspecified atom stereocenters. The molecule has 1 saturated heterocycles. The Labute approximate surface area is 184 Å². The number of morpholine rings is 1. The zero-order valence-electron chi connectivity index (χ0n) is 17.7. The highest BCUT2D eigenvalue weighted by atomic mass is 19.4. The van der Waals surface area contributed by atoms with E-state index in [0.717, 1.165) is 28.5 Å². The monoisotopic (exact) mass is 443 g/mol. The Bertz CT molecular complexity index is 1110. The number of anilines is 2. The van der Waals surface area contributed by atoms with Gasteiger partial charge in [-0.25, -0.2) is 4.79 Å². The predicted molar refractivity (Wildman–Crippen MR) is 119 cm³/mol. The van der Waals surface area contributed by atoms with Crippen LogP contribution in [0.3, 0.4) is 0 Å². The van der Waals surface area contributed by atoms with Crippen molar-refractivity contribution in [3.63, 3.8) is 0 Å². The second-order valence-corrected chi connectivity index (χ2v) is 7.75. The molecule has 0 bridgehead atoms. The molecular formula is C24H24F3N3O2. The van der Waals surface area contributed by atoms with E-state index in [1.165, 1.54) is 11.0 Å². The molecule has 32 heavy (non-hydrogen) atoms. The first-order valence-electron chi connectivity index (χ1n) is 10.4. The molecule has 0 radical (unpaired) electrons. The first kappa shape index (κ1) is 22.0. The van der Waals surface area contributed by atoms with Crippen molar-refractivity contribution in [2.75, 3.05) is 43.6 Å². The lowest BCUT2D eigenvalue weighted by Gasteiger charge is -2.31. The molecule has 1 fully saturated rings. The van der Waals surface area contributed by atoms with E-state index >= 15 is 0 Å². The number of urea groups is 1. The van der Waals surface area contributed by atoms with E-state index in [-0.39, 0.29) is 5.69 Å². The molecule has 2 amide bonds. The van der Waals surface area contributed by atoms with Gasteiger partial charge in [-0.3, -0.25) is 0 Å². The van der Waals surface area contributed by atoms with E-state index in [4.69, 9.17) is 4.74 Å². The topological polar surface area (TPSA) is 44.8 Å². The molecule has 0 saturated carbocycles. The Kier molecular flexibility index (Phi) is 6.23. The molecule has 1 aliphatic heterocycles. The second-order valence-electron chi connectivity index (χ2n) is 7.75. The molecule has 0 spiro atoms. The van der Waals surface area contributed by atoms with Gasteiger partial charge < -0.3 is 19.9 Å². The lowest BCUT2D eigenvalue weighted by Crippen LogP contribution is -2.37. The number of carbonyl (C=O) groups excluding carboxylic acids is 1. The van der Waals surface area contributed by atoms with Crippen LogP contribution in [0.4, 0.5) is 29.3 Å². The number of rotatable bonds is 4. The van der Waals surface area contributed by atoms with E-state index in [2.05, 4.69) is 5.32 Å².